The van der Waals surface area contributed by atoms with E-state index in [0.29, 0.717) is 22.1 Å². The fraction of sp³-hybridized carbons (Fsp3) is 0.0385. The molecule has 0 radical (unpaired) electrons. The molecule has 34 heavy (non-hydrogen) atoms. The molecule has 168 valence electrons. The molecule has 3 aromatic carbocycles. The summed E-state index contributed by atoms with van der Waals surface area (Å²) in [4.78, 5) is 30.7. The first kappa shape index (κ1) is 21.9. The molecule has 0 aliphatic carbocycles. The normalized spacial score (nSPS) is 10.8. The van der Waals surface area contributed by atoms with E-state index in [4.69, 9.17) is 4.42 Å². The van der Waals surface area contributed by atoms with Gasteiger partial charge < -0.3 is 15.1 Å². The predicted molar refractivity (Wildman–Crippen MR) is 138 cm³/mol. The molecule has 2 amide bonds. The molecule has 2 aromatic heterocycles. The number of anilines is 2. The third kappa shape index (κ3) is 5.19. The summed E-state index contributed by atoms with van der Waals surface area (Å²) in [7, 11) is 0. The summed E-state index contributed by atoms with van der Waals surface area (Å²) >= 11 is 2.79. The van der Waals surface area contributed by atoms with E-state index in [2.05, 4.69) is 15.6 Å². The first-order chi connectivity index (χ1) is 16.6. The van der Waals surface area contributed by atoms with Crippen LogP contribution in [0.15, 0.2) is 99.6 Å². The lowest BCUT2D eigenvalue weighted by Gasteiger charge is -2.08. The van der Waals surface area contributed by atoms with Crippen molar-refractivity contribution in [1.82, 2.24) is 4.98 Å². The highest BCUT2D eigenvalue weighted by atomic mass is 32.2. The minimum Gasteiger partial charge on any atom is -0.436 e. The van der Waals surface area contributed by atoms with Gasteiger partial charge in [0.2, 0.25) is 11.8 Å². The summed E-state index contributed by atoms with van der Waals surface area (Å²) in [5, 5.41) is 7.65. The Balaban J connectivity index is 1.16. The van der Waals surface area contributed by atoms with Crippen molar-refractivity contribution in [2.45, 2.75) is 4.90 Å². The van der Waals surface area contributed by atoms with E-state index < -0.39 is 0 Å². The number of hydrogen-bond donors (Lipinski definition) is 2. The van der Waals surface area contributed by atoms with Crippen LogP contribution < -0.4 is 10.6 Å². The van der Waals surface area contributed by atoms with Crippen molar-refractivity contribution >= 4 is 57.4 Å². The number of fused-ring (bicyclic) bond motifs is 1. The van der Waals surface area contributed by atoms with Crippen molar-refractivity contribution in [3.8, 4) is 11.5 Å². The highest BCUT2D eigenvalue weighted by molar-refractivity contribution is 8.00. The van der Waals surface area contributed by atoms with Crippen molar-refractivity contribution in [3.63, 3.8) is 0 Å². The molecule has 5 aromatic rings. The van der Waals surface area contributed by atoms with Crippen LogP contribution in [0.1, 0.15) is 9.67 Å². The largest absolute Gasteiger partial charge is 0.436 e. The molecule has 0 unspecified atom stereocenters. The van der Waals surface area contributed by atoms with Crippen LogP contribution in [-0.4, -0.2) is 22.6 Å². The number of aromatic nitrogens is 1. The predicted octanol–water partition coefficient (Wildman–Crippen LogP) is 6.54. The standard InChI is InChI=1S/C26H19N3O3S2/c30-24(16-34-20-6-3-5-19(15-20)28-25(31)23-9-4-14-33-23)27-18-12-10-17(11-13-18)26-29-21-7-1-2-8-22(21)32-26/h1-15H,16H2,(H,27,30)(H,28,31). The number of thiophene rings is 1. The lowest BCUT2D eigenvalue weighted by molar-refractivity contribution is -0.113. The molecule has 0 atom stereocenters. The first-order valence-electron chi connectivity index (χ1n) is 10.5. The molecule has 0 aliphatic heterocycles. The minimum atomic E-state index is -0.142. The van der Waals surface area contributed by atoms with Gasteiger partial charge in [0.05, 0.1) is 10.6 Å². The van der Waals surface area contributed by atoms with Gasteiger partial charge in [-0.1, -0.05) is 24.3 Å². The third-order valence-electron chi connectivity index (χ3n) is 4.92. The Morgan fingerprint density at radius 1 is 0.882 bits per heavy atom. The maximum Gasteiger partial charge on any atom is 0.265 e. The zero-order chi connectivity index (χ0) is 23.3. The fourth-order valence-electron chi connectivity index (χ4n) is 3.30. The second kappa shape index (κ2) is 9.94. The SMILES string of the molecule is O=C(CSc1cccc(NC(=O)c2cccs2)c1)Nc1ccc(-c2nc3ccccc3o2)cc1. The summed E-state index contributed by atoms with van der Waals surface area (Å²) in [6.45, 7) is 0. The zero-order valence-corrected chi connectivity index (χ0v) is 19.5. The molecule has 0 saturated heterocycles. The van der Waals surface area contributed by atoms with Crippen LogP contribution in [0.5, 0.6) is 0 Å². The smallest absolute Gasteiger partial charge is 0.265 e. The van der Waals surface area contributed by atoms with Gasteiger partial charge in [-0.25, -0.2) is 4.98 Å². The van der Waals surface area contributed by atoms with Crippen molar-refractivity contribution in [3.05, 3.63) is 95.2 Å². The van der Waals surface area contributed by atoms with Gasteiger partial charge in [-0.05, 0) is 66.0 Å². The van der Waals surface area contributed by atoms with Crippen molar-refractivity contribution < 1.29 is 14.0 Å². The van der Waals surface area contributed by atoms with Gasteiger partial charge in [0.1, 0.15) is 5.52 Å². The summed E-state index contributed by atoms with van der Waals surface area (Å²) < 4.78 is 5.79. The molecule has 0 bridgehead atoms. The van der Waals surface area contributed by atoms with Crippen LogP contribution in [0.25, 0.3) is 22.6 Å². The quantitative estimate of drug-likeness (QED) is 0.256. The number of oxazole rings is 1. The van der Waals surface area contributed by atoms with Gasteiger partial charge in [-0.2, -0.15) is 0 Å². The van der Waals surface area contributed by atoms with Crippen LogP contribution in [0.4, 0.5) is 11.4 Å². The number of rotatable bonds is 7. The lowest BCUT2D eigenvalue weighted by atomic mass is 10.2. The monoisotopic (exact) mass is 485 g/mol. The van der Waals surface area contributed by atoms with Gasteiger partial charge in [0.15, 0.2) is 5.58 Å². The van der Waals surface area contributed by atoms with Crippen LogP contribution in [-0.2, 0) is 4.79 Å². The molecular formula is C26H19N3O3S2. The van der Waals surface area contributed by atoms with Crippen LogP contribution in [0, 0.1) is 0 Å². The van der Waals surface area contributed by atoms with Gasteiger partial charge in [0, 0.05) is 21.8 Å². The average molecular weight is 486 g/mol. The second-order valence-electron chi connectivity index (χ2n) is 7.36. The van der Waals surface area contributed by atoms with Crippen LogP contribution >= 0.6 is 23.1 Å². The zero-order valence-electron chi connectivity index (χ0n) is 17.9. The minimum absolute atomic E-state index is 0.118. The maximum absolute atomic E-state index is 12.4. The van der Waals surface area contributed by atoms with E-state index in [1.54, 1.807) is 6.07 Å². The molecule has 8 heteroatoms. The Bertz CT molecular complexity index is 1410. The summed E-state index contributed by atoms with van der Waals surface area (Å²) in [5.74, 6) is 0.527. The van der Waals surface area contributed by atoms with Crippen molar-refractivity contribution in [2.24, 2.45) is 0 Å². The molecule has 6 nitrogen and oxygen atoms in total. The highest BCUT2D eigenvalue weighted by Crippen LogP contribution is 2.26. The molecular weight excluding hydrogens is 466 g/mol. The number of carbonyl (C=O) groups is 2. The number of nitrogens with one attached hydrogen (secondary N) is 2. The number of para-hydroxylation sites is 2. The van der Waals surface area contributed by atoms with E-state index in [0.717, 1.165) is 21.6 Å². The Morgan fingerprint density at radius 2 is 1.74 bits per heavy atom. The first-order valence-corrected chi connectivity index (χ1v) is 12.3. The van der Waals surface area contributed by atoms with E-state index in [-0.39, 0.29) is 17.6 Å². The van der Waals surface area contributed by atoms with Crippen LogP contribution in [0.3, 0.4) is 0 Å². The van der Waals surface area contributed by atoms with Crippen LogP contribution in [0.2, 0.25) is 0 Å². The third-order valence-corrected chi connectivity index (χ3v) is 6.78. The Hall–Kier alpha value is -3.88. The molecule has 0 fully saturated rings. The molecule has 5 rings (SSSR count). The van der Waals surface area contributed by atoms with Gasteiger partial charge in [-0.15, -0.1) is 23.1 Å². The summed E-state index contributed by atoms with van der Waals surface area (Å²) in [6.07, 6.45) is 0. The number of benzene rings is 3. The Morgan fingerprint density at radius 3 is 2.53 bits per heavy atom. The number of carbonyl (C=O) groups excluding carboxylic acids is 2. The molecule has 0 saturated carbocycles. The number of amides is 2. The van der Waals surface area contributed by atoms with Gasteiger partial charge in [-0.3, -0.25) is 9.59 Å². The average Bonchev–Trinajstić information content (AvgIpc) is 3.54. The van der Waals surface area contributed by atoms with Crippen molar-refractivity contribution in [2.75, 3.05) is 16.4 Å². The molecule has 0 aliphatic rings. The summed E-state index contributed by atoms with van der Waals surface area (Å²) in [6, 6.07) is 26.1. The molecule has 0 spiro atoms. The van der Waals surface area contributed by atoms with E-state index in [9.17, 15) is 9.59 Å². The second-order valence-corrected chi connectivity index (χ2v) is 9.36. The van der Waals surface area contributed by atoms with E-state index in [1.807, 2.05) is 84.2 Å². The Labute approximate surface area is 204 Å². The van der Waals surface area contributed by atoms with E-state index in [1.165, 1.54) is 23.1 Å². The summed E-state index contributed by atoms with van der Waals surface area (Å²) in [5.41, 5.74) is 3.77. The number of hydrogen-bond acceptors (Lipinski definition) is 6. The van der Waals surface area contributed by atoms with Gasteiger partial charge >= 0.3 is 0 Å². The molecule has 2 heterocycles. The van der Waals surface area contributed by atoms with Gasteiger partial charge in [0.25, 0.3) is 5.91 Å². The maximum atomic E-state index is 12.4. The number of nitrogens with zero attached hydrogens (tertiary/aromatic N) is 1. The van der Waals surface area contributed by atoms with Crippen molar-refractivity contribution in [1.29, 1.82) is 0 Å². The van der Waals surface area contributed by atoms with E-state index >= 15 is 0 Å². The highest BCUT2D eigenvalue weighted by Gasteiger charge is 2.10. The Kier molecular flexibility index (Phi) is 6.42. The topological polar surface area (TPSA) is 84.2 Å². The number of thioether (sulfide) groups is 1. The fourth-order valence-corrected chi connectivity index (χ4v) is 4.68. The lowest BCUT2D eigenvalue weighted by Crippen LogP contribution is -2.14. The molecule has 2 N–H and O–H groups in total.